The van der Waals surface area contributed by atoms with E-state index >= 15 is 0 Å². The van der Waals surface area contributed by atoms with Crippen molar-refractivity contribution < 1.29 is 0 Å². The normalized spacial score (nSPS) is 21.6. The summed E-state index contributed by atoms with van der Waals surface area (Å²) in [6, 6.07) is 9.65. The van der Waals surface area contributed by atoms with Crippen LogP contribution in [0.3, 0.4) is 0 Å². The Kier molecular flexibility index (Phi) is 4.58. The highest BCUT2D eigenvalue weighted by Crippen LogP contribution is 2.28. The Hall–Kier alpha value is -1.06. The number of piperidine rings is 1. The molecular formula is C17H27N3. The van der Waals surface area contributed by atoms with E-state index in [0.717, 1.165) is 25.7 Å². The van der Waals surface area contributed by atoms with Gasteiger partial charge < -0.3 is 15.1 Å². The zero-order valence-electron chi connectivity index (χ0n) is 12.6. The van der Waals surface area contributed by atoms with Gasteiger partial charge >= 0.3 is 0 Å². The van der Waals surface area contributed by atoms with Crippen molar-refractivity contribution in [1.29, 1.82) is 0 Å². The Labute approximate surface area is 123 Å². The van der Waals surface area contributed by atoms with Crippen LogP contribution in [0, 0.1) is 0 Å². The predicted octanol–water partition coefficient (Wildman–Crippen LogP) is 2.47. The Morgan fingerprint density at radius 2 is 1.95 bits per heavy atom. The molecule has 2 aliphatic heterocycles. The Morgan fingerprint density at radius 1 is 1.15 bits per heavy atom. The van der Waals surface area contributed by atoms with E-state index in [-0.39, 0.29) is 0 Å². The zero-order chi connectivity index (χ0) is 13.8. The standard InChI is InChI=1S/C17H27N3/c1-2-10-19-11-7-16(8-12-19)20-13-9-18-14-15-5-3-4-6-17(15)20/h3-6,16,18H,2,7-14H2,1H3. The zero-order valence-corrected chi connectivity index (χ0v) is 12.6. The molecule has 0 amide bonds. The summed E-state index contributed by atoms with van der Waals surface area (Å²) in [6.45, 7) is 9.35. The van der Waals surface area contributed by atoms with Crippen molar-refractivity contribution in [3.8, 4) is 0 Å². The van der Waals surface area contributed by atoms with Gasteiger partial charge in [-0.15, -0.1) is 0 Å². The molecule has 0 radical (unpaired) electrons. The number of fused-ring (bicyclic) bond motifs is 1. The number of hydrogen-bond acceptors (Lipinski definition) is 3. The summed E-state index contributed by atoms with van der Waals surface area (Å²) in [5.41, 5.74) is 2.92. The van der Waals surface area contributed by atoms with Gasteiger partial charge in [-0.2, -0.15) is 0 Å². The number of para-hydroxylation sites is 1. The maximum atomic E-state index is 3.55. The fourth-order valence-electron chi connectivity index (χ4n) is 3.63. The van der Waals surface area contributed by atoms with Crippen LogP contribution < -0.4 is 10.2 Å². The second kappa shape index (κ2) is 6.59. The van der Waals surface area contributed by atoms with Crippen molar-refractivity contribution in [2.45, 2.75) is 38.8 Å². The summed E-state index contributed by atoms with van der Waals surface area (Å²) in [5.74, 6) is 0. The van der Waals surface area contributed by atoms with Crippen LogP contribution in [-0.4, -0.2) is 43.7 Å². The van der Waals surface area contributed by atoms with E-state index in [9.17, 15) is 0 Å². The molecule has 1 aromatic carbocycles. The van der Waals surface area contributed by atoms with Gasteiger partial charge in [0.1, 0.15) is 0 Å². The molecule has 3 nitrogen and oxygen atoms in total. The van der Waals surface area contributed by atoms with Gasteiger partial charge in [-0.25, -0.2) is 0 Å². The summed E-state index contributed by atoms with van der Waals surface area (Å²) >= 11 is 0. The lowest BCUT2D eigenvalue weighted by Crippen LogP contribution is -2.46. The van der Waals surface area contributed by atoms with E-state index in [1.54, 1.807) is 0 Å². The molecule has 0 unspecified atom stereocenters. The molecule has 0 spiro atoms. The van der Waals surface area contributed by atoms with Gasteiger partial charge in [0.05, 0.1) is 0 Å². The molecule has 0 saturated carbocycles. The molecular weight excluding hydrogens is 246 g/mol. The highest BCUT2D eigenvalue weighted by Gasteiger charge is 2.26. The molecule has 110 valence electrons. The molecule has 3 heteroatoms. The lowest BCUT2D eigenvalue weighted by Gasteiger charge is -2.39. The van der Waals surface area contributed by atoms with Crippen molar-refractivity contribution >= 4 is 5.69 Å². The number of likely N-dealkylation sites (tertiary alicyclic amines) is 1. The molecule has 20 heavy (non-hydrogen) atoms. The third-order valence-electron chi connectivity index (χ3n) is 4.68. The van der Waals surface area contributed by atoms with E-state index < -0.39 is 0 Å². The maximum Gasteiger partial charge on any atom is 0.0414 e. The lowest BCUT2D eigenvalue weighted by atomic mass is 10.0. The highest BCUT2D eigenvalue weighted by molar-refractivity contribution is 5.55. The van der Waals surface area contributed by atoms with E-state index in [0.29, 0.717) is 0 Å². The fraction of sp³-hybridized carbons (Fsp3) is 0.647. The SMILES string of the molecule is CCCN1CCC(N2CCNCc3ccccc32)CC1. The Balaban J connectivity index is 1.71. The van der Waals surface area contributed by atoms with Gasteiger partial charge in [-0.05, 0) is 37.4 Å². The van der Waals surface area contributed by atoms with Crippen molar-refractivity contribution in [3.05, 3.63) is 29.8 Å². The lowest BCUT2D eigenvalue weighted by molar-refractivity contribution is 0.209. The number of hydrogen-bond donors (Lipinski definition) is 1. The van der Waals surface area contributed by atoms with Gasteiger partial charge in [0, 0.05) is 44.5 Å². The van der Waals surface area contributed by atoms with Gasteiger partial charge in [0.2, 0.25) is 0 Å². The van der Waals surface area contributed by atoms with Gasteiger partial charge in [0.25, 0.3) is 0 Å². The van der Waals surface area contributed by atoms with Crippen LogP contribution in [0.1, 0.15) is 31.7 Å². The average molecular weight is 273 g/mol. The van der Waals surface area contributed by atoms with E-state index in [2.05, 4.69) is 46.3 Å². The molecule has 3 rings (SSSR count). The Bertz CT molecular complexity index is 424. The Morgan fingerprint density at radius 3 is 2.75 bits per heavy atom. The van der Waals surface area contributed by atoms with E-state index in [1.165, 1.54) is 50.1 Å². The van der Waals surface area contributed by atoms with Crippen LogP contribution >= 0.6 is 0 Å². The molecule has 0 aliphatic carbocycles. The number of nitrogens with zero attached hydrogens (tertiary/aromatic N) is 2. The molecule has 2 heterocycles. The van der Waals surface area contributed by atoms with Crippen molar-refractivity contribution in [2.24, 2.45) is 0 Å². The first-order valence-electron chi connectivity index (χ1n) is 8.16. The quantitative estimate of drug-likeness (QED) is 0.913. The minimum Gasteiger partial charge on any atom is -0.367 e. The first-order valence-corrected chi connectivity index (χ1v) is 8.16. The molecule has 1 saturated heterocycles. The summed E-state index contributed by atoms with van der Waals surface area (Å²) in [7, 11) is 0. The van der Waals surface area contributed by atoms with E-state index in [1.807, 2.05) is 0 Å². The second-order valence-electron chi connectivity index (χ2n) is 6.07. The third-order valence-corrected chi connectivity index (χ3v) is 4.68. The molecule has 1 aromatic rings. The summed E-state index contributed by atoms with van der Waals surface area (Å²) in [5, 5.41) is 3.55. The van der Waals surface area contributed by atoms with Crippen molar-refractivity contribution in [2.75, 3.05) is 37.6 Å². The second-order valence-corrected chi connectivity index (χ2v) is 6.07. The summed E-state index contributed by atoms with van der Waals surface area (Å²) < 4.78 is 0. The number of rotatable bonds is 3. The van der Waals surface area contributed by atoms with Crippen molar-refractivity contribution in [1.82, 2.24) is 10.2 Å². The molecule has 1 fully saturated rings. The van der Waals surface area contributed by atoms with Crippen LogP contribution in [-0.2, 0) is 6.54 Å². The van der Waals surface area contributed by atoms with Crippen molar-refractivity contribution in [3.63, 3.8) is 0 Å². The minimum atomic E-state index is 0.726. The number of benzene rings is 1. The van der Waals surface area contributed by atoms with Crippen LogP contribution in [0.2, 0.25) is 0 Å². The molecule has 0 bridgehead atoms. The molecule has 0 atom stereocenters. The minimum absolute atomic E-state index is 0.726. The third kappa shape index (κ3) is 2.99. The van der Waals surface area contributed by atoms with Crippen LogP contribution in [0.5, 0.6) is 0 Å². The maximum absolute atomic E-state index is 3.55. The highest BCUT2D eigenvalue weighted by atomic mass is 15.2. The number of nitrogens with one attached hydrogen (secondary N) is 1. The molecule has 1 N–H and O–H groups in total. The average Bonchev–Trinajstić information content (AvgIpc) is 2.71. The smallest absolute Gasteiger partial charge is 0.0414 e. The van der Waals surface area contributed by atoms with E-state index in [4.69, 9.17) is 0 Å². The van der Waals surface area contributed by atoms with Gasteiger partial charge in [-0.3, -0.25) is 0 Å². The van der Waals surface area contributed by atoms with Crippen LogP contribution in [0.25, 0.3) is 0 Å². The molecule has 0 aromatic heterocycles. The summed E-state index contributed by atoms with van der Waals surface area (Å²) in [4.78, 5) is 5.29. The topological polar surface area (TPSA) is 18.5 Å². The monoisotopic (exact) mass is 273 g/mol. The largest absolute Gasteiger partial charge is 0.367 e. The first kappa shape index (κ1) is 13.9. The van der Waals surface area contributed by atoms with Gasteiger partial charge in [0.15, 0.2) is 0 Å². The molecule has 2 aliphatic rings. The van der Waals surface area contributed by atoms with Gasteiger partial charge in [-0.1, -0.05) is 25.1 Å². The van der Waals surface area contributed by atoms with Crippen LogP contribution in [0.15, 0.2) is 24.3 Å². The first-order chi connectivity index (χ1) is 9.88. The summed E-state index contributed by atoms with van der Waals surface area (Å²) in [6.07, 6.45) is 3.91. The number of anilines is 1. The fourth-order valence-corrected chi connectivity index (χ4v) is 3.63. The van der Waals surface area contributed by atoms with Crippen LogP contribution in [0.4, 0.5) is 5.69 Å². The predicted molar refractivity (Wildman–Crippen MR) is 85.2 cm³/mol.